The maximum Gasteiger partial charge on any atom is 0.305 e. The lowest BCUT2D eigenvalue weighted by Crippen LogP contribution is -2.56. The van der Waals surface area contributed by atoms with Gasteiger partial charge in [0.25, 0.3) is 0 Å². The number of hydrogen-bond donors (Lipinski definition) is 2. The average molecular weight is 248 g/mol. The van der Waals surface area contributed by atoms with Gasteiger partial charge in [0.05, 0.1) is 12.7 Å². The third-order valence-electron chi connectivity index (χ3n) is 3.00. The summed E-state index contributed by atoms with van der Waals surface area (Å²) < 4.78 is 15.5. The molecule has 100 valence electrons. The molecule has 0 aromatic rings. The van der Waals surface area contributed by atoms with Crippen molar-refractivity contribution in [3.63, 3.8) is 0 Å². The highest BCUT2D eigenvalue weighted by molar-refractivity contribution is 5.69. The van der Waals surface area contributed by atoms with E-state index in [1.54, 1.807) is 13.8 Å². The van der Waals surface area contributed by atoms with Crippen molar-refractivity contribution in [1.82, 2.24) is 0 Å². The first-order valence-corrected chi connectivity index (χ1v) is 5.71. The summed E-state index contributed by atoms with van der Waals surface area (Å²) >= 11 is 0. The molecular formula is C11H20O6. The van der Waals surface area contributed by atoms with Crippen LogP contribution in [-0.2, 0) is 19.0 Å². The van der Waals surface area contributed by atoms with E-state index in [1.807, 2.05) is 0 Å². The monoisotopic (exact) mass is 248 g/mol. The molecule has 0 aliphatic carbocycles. The first kappa shape index (κ1) is 14.4. The lowest BCUT2D eigenvalue weighted by atomic mass is 9.91. The van der Waals surface area contributed by atoms with Gasteiger partial charge in [0.15, 0.2) is 6.29 Å². The summed E-state index contributed by atoms with van der Waals surface area (Å²) in [4.78, 5) is 11.3. The molecule has 17 heavy (non-hydrogen) atoms. The van der Waals surface area contributed by atoms with Crippen LogP contribution in [0.1, 0.15) is 20.3 Å². The molecule has 2 unspecified atom stereocenters. The summed E-state index contributed by atoms with van der Waals surface area (Å²) in [6.45, 7) is 3.22. The molecule has 0 amide bonds. The van der Waals surface area contributed by atoms with Crippen LogP contribution in [0.4, 0.5) is 0 Å². The lowest BCUT2D eigenvalue weighted by Gasteiger charge is -2.41. The van der Waals surface area contributed by atoms with Crippen molar-refractivity contribution in [2.75, 3.05) is 13.7 Å². The van der Waals surface area contributed by atoms with E-state index in [0.717, 1.165) is 0 Å². The van der Waals surface area contributed by atoms with Gasteiger partial charge in [-0.05, 0) is 0 Å². The van der Waals surface area contributed by atoms with Gasteiger partial charge in [0, 0.05) is 19.4 Å². The van der Waals surface area contributed by atoms with Gasteiger partial charge in [0.2, 0.25) is 0 Å². The zero-order valence-corrected chi connectivity index (χ0v) is 10.3. The molecule has 0 bridgehead atoms. The molecule has 1 aliphatic heterocycles. The van der Waals surface area contributed by atoms with Crippen molar-refractivity contribution in [2.24, 2.45) is 5.92 Å². The van der Waals surface area contributed by atoms with E-state index in [2.05, 4.69) is 0 Å². The molecule has 1 aliphatic rings. The lowest BCUT2D eigenvalue weighted by molar-refractivity contribution is -0.283. The summed E-state index contributed by atoms with van der Waals surface area (Å²) in [5.41, 5.74) is 0. The zero-order valence-electron chi connectivity index (χ0n) is 10.3. The highest BCUT2D eigenvalue weighted by atomic mass is 16.7. The van der Waals surface area contributed by atoms with Crippen molar-refractivity contribution >= 4 is 5.97 Å². The molecule has 1 fully saturated rings. The predicted octanol–water partition coefficient (Wildman–Crippen LogP) is -0.331. The third-order valence-corrected chi connectivity index (χ3v) is 3.00. The Balaban J connectivity index is 2.77. The van der Waals surface area contributed by atoms with Gasteiger partial charge in [-0.3, -0.25) is 4.79 Å². The first-order chi connectivity index (χ1) is 8.04. The topological polar surface area (TPSA) is 85.2 Å². The minimum atomic E-state index is -1.05. The Kier molecular flexibility index (Phi) is 5.32. The smallest absolute Gasteiger partial charge is 0.305 e. The minimum Gasteiger partial charge on any atom is -0.459 e. The molecule has 6 nitrogen and oxygen atoms in total. The van der Waals surface area contributed by atoms with E-state index in [1.165, 1.54) is 7.11 Å². The van der Waals surface area contributed by atoms with E-state index >= 15 is 0 Å². The normalized spacial score (nSPS) is 37.8. The fourth-order valence-corrected chi connectivity index (χ4v) is 1.87. The van der Waals surface area contributed by atoms with Crippen LogP contribution in [0.3, 0.4) is 0 Å². The zero-order chi connectivity index (χ0) is 13.0. The number of rotatable bonds is 4. The van der Waals surface area contributed by atoms with Crippen molar-refractivity contribution in [3.8, 4) is 0 Å². The second-order valence-corrected chi connectivity index (χ2v) is 4.12. The van der Waals surface area contributed by atoms with Crippen LogP contribution in [-0.4, -0.2) is 54.5 Å². The molecule has 1 heterocycles. The van der Waals surface area contributed by atoms with Crippen LogP contribution in [0.25, 0.3) is 0 Å². The first-order valence-electron chi connectivity index (χ1n) is 5.71. The summed E-state index contributed by atoms with van der Waals surface area (Å²) in [5.74, 6) is -0.689. The number of esters is 1. The van der Waals surface area contributed by atoms with Gasteiger partial charge in [-0.15, -0.1) is 0 Å². The number of carbonyl (C=O) groups is 1. The number of hydrogen-bond acceptors (Lipinski definition) is 6. The highest BCUT2D eigenvalue weighted by Crippen LogP contribution is 2.28. The fraction of sp³-hybridized carbons (Fsp3) is 0.909. The van der Waals surface area contributed by atoms with Crippen LogP contribution in [0.15, 0.2) is 0 Å². The van der Waals surface area contributed by atoms with E-state index in [0.29, 0.717) is 0 Å². The summed E-state index contributed by atoms with van der Waals surface area (Å²) in [6.07, 6.45) is -2.94. The third kappa shape index (κ3) is 3.16. The van der Waals surface area contributed by atoms with Crippen LogP contribution in [0.5, 0.6) is 0 Å². The Hall–Kier alpha value is -0.690. The number of methoxy groups -OCH3 is 1. The number of ether oxygens (including phenoxy) is 3. The molecule has 0 aromatic carbocycles. The van der Waals surface area contributed by atoms with Gasteiger partial charge in [-0.25, -0.2) is 0 Å². The Morgan fingerprint density at radius 3 is 2.59 bits per heavy atom. The Bertz CT molecular complexity index is 240. The maximum atomic E-state index is 11.3. The molecule has 2 N–H and O–H groups in total. The van der Waals surface area contributed by atoms with Crippen LogP contribution in [0.2, 0.25) is 0 Å². The van der Waals surface area contributed by atoms with E-state index < -0.39 is 30.6 Å². The van der Waals surface area contributed by atoms with Gasteiger partial charge >= 0.3 is 5.97 Å². The number of aliphatic hydroxyl groups is 2. The molecule has 0 radical (unpaired) electrons. The minimum absolute atomic E-state index is 0.214. The van der Waals surface area contributed by atoms with Crippen molar-refractivity contribution in [3.05, 3.63) is 0 Å². The van der Waals surface area contributed by atoms with Crippen molar-refractivity contribution in [2.45, 2.75) is 44.9 Å². The molecule has 1 saturated heterocycles. The van der Waals surface area contributed by atoms with Crippen LogP contribution < -0.4 is 0 Å². The Labute approximate surface area is 100 Å². The van der Waals surface area contributed by atoms with E-state index in [-0.39, 0.29) is 18.9 Å². The molecule has 0 spiro atoms. The average Bonchev–Trinajstić information content (AvgIpc) is 2.34. The number of aliphatic hydroxyl groups excluding tert-OH is 2. The molecule has 1 rings (SSSR count). The summed E-state index contributed by atoms with van der Waals surface area (Å²) in [5, 5.41) is 19.1. The second kappa shape index (κ2) is 6.30. The molecular weight excluding hydrogens is 228 g/mol. The molecule has 0 aromatic heterocycles. The Morgan fingerprint density at radius 2 is 2.12 bits per heavy atom. The quantitative estimate of drug-likeness (QED) is 0.663. The summed E-state index contributed by atoms with van der Waals surface area (Å²) in [6, 6.07) is 0. The van der Waals surface area contributed by atoms with E-state index in [9.17, 15) is 9.90 Å². The largest absolute Gasteiger partial charge is 0.459 e. The van der Waals surface area contributed by atoms with Gasteiger partial charge in [-0.2, -0.15) is 0 Å². The standard InChI is InChI=1S/C11H20O6/c1-4-8(13)17-10-6(2)7(5-12)16-11(15-3)9(10)14/h6-7,9-12,14H,4-5H2,1-3H3/t6-,7?,9?,10+,11+/m1/s1. The fourth-order valence-electron chi connectivity index (χ4n) is 1.87. The molecule has 6 heteroatoms. The highest BCUT2D eigenvalue weighted by Gasteiger charge is 2.45. The van der Waals surface area contributed by atoms with E-state index in [4.69, 9.17) is 19.3 Å². The van der Waals surface area contributed by atoms with Gasteiger partial charge in [0.1, 0.15) is 12.2 Å². The van der Waals surface area contributed by atoms with Gasteiger partial charge < -0.3 is 24.4 Å². The summed E-state index contributed by atoms with van der Waals surface area (Å²) in [7, 11) is 1.39. The SMILES string of the molecule is CCC(=O)O[C@@H]1C(O)[C@@H](OC)OC(CO)[C@H]1C. The molecule has 5 atom stereocenters. The van der Waals surface area contributed by atoms with Gasteiger partial charge in [-0.1, -0.05) is 13.8 Å². The Morgan fingerprint density at radius 1 is 1.47 bits per heavy atom. The number of carbonyl (C=O) groups excluding carboxylic acids is 1. The maximum absolute atomic E-state index is 11.3. The van der Waals surface area contributed by atoms with Crippen LogP contribution >= 0.6 is 0 Å². The van der Waals surface area contributed by atoms with Crippen molar-refractivity contribution < 1.29 is 29.2 Å². The predicted molar refractivity (Wildman–Crippen MR) is 58.1 cm³/mol. The molecule has 0 saturated carbocycles. The second-order valence-electron chi connectivity index (χ2n) is 4.12. The van der Waals surface area contributed by atoms with Crippen molar-refractivity contribution in [1.29, 1.82) is 0 Å². The van der Waals surface area contributed by atoms with Crippen LogP contribution in [0, 0.1) is 5.92 Å².